The van der Waals surface area contributed by atoms with Crippen LogP contribution in [0.5, 0.6) is 5.75 Å². The second-order valence-electron chi connectivity index (χ2n) is 5.51. The van der Waals surface area contributed by atoms with Gasteiger partial charge in [-0.25, -0.2) is 0 Å². The average Bonchev–Trinajstić information content (AvgIpc) is 3.18. The van der Waals surface area contributed by atoms with Crippen molar-refractivity contribution in [2.75, 3.05) is 19.4 Å². The Morgan fingerprint density at radius 2 is 2.16 bits per heavy atom. The second-order valence-corrected chi connectivity index (χ2v) is 5.51. The molecule has 1 fully saturated rings. The highest BCUT2D eigenvalue weighted by molar-refractivity contribution is 6.02. The molecule has 0 atom stereocenters. The van der Waals surface area contributed by atoms with Crippen LogP contribution >= 0.6 is 0 Å². The van der Waals surface area contributed by atoms with E-state index in [-0.39, 0.29) is 5.91 Å². The standard InChI is InChI=1S/C15H22N2O2/c1-10(2)9-17(11-7-8-11)15(18)14-12(16)5-4-6-13(14)19-3/h4-6,10-11H,7-9,16H2,1-3H3. The normalized spacial score (nSPS) is 14.5. The van der Waals surface area contributed by atoms with Gasteiger partial charge in [-0.3, -0.25) is 4.79 Å². The molecule has 0 radical (unpaired) electrons. The summed E-state index contributed by atoms with van der Waals surface area (Å²) in [6.45, 7) is 5.00. The van der Waals surface area contributed by atoms with Gasteiger partial charge in [0.1, 0.15) is 11.3 Å². The van der Waals surface area contributed by atoms with Crippen LogP contribution in [-0.2, 0) is 0 Å². The maximum Gasteiger partial charge on any atom is 0.259 e. The highest BCUT2D eigenvalue weighted by Crippen LogP contribution is 2.32. The first kappa shape index (κ1) is 13.7. The number of nitrogens with two attached hydrogens (primary N) is 1. The van der Waals surface area contributed by atoms with Crippen LogP contribution in [0.4, 0.5) is 5.69 Å². The third-order valence-electron chi connectivity index (χ3n) is 3.30. The van der Waals surface area contributed by atoms with Crippen LogP contribution < -0.4 is 10.5 Å². The van der Waals surface area contributed by atoms with Crippen LogP contribution in [0.15, 0.2) is 18.2 Å². The summed E-state index contributed by atoms with van der Waals surface area (Å²) in [5.41, 5.74) is 6.94. The van der Waals surface area contributed by atoms with E-state index in [1.807, 2.05) is 4.90 Å². The lowest BCUT2D eigenvalue weighted by Crippen LogP contribution is -2.36. The van der Waals surface area contributed by atoms with Gasteiger partial charge in [-0.15, -0.1) is 0 Å². The van der Waals surface area contributed by atoms with Crippen molar-refractivity contribution >= 4 is 11.6 Å². The molecule has 0 spiro atoms. The molecule has 19 heavy (non-hydrogen) atoms. The predicted octanol–water partition coefficient (Wildman–Crippen LogP) is 2.54. The summed E-state index contributed by atoms with van der Waals surface area (Å²) in [7, 11) is 1.56. The molecule has 0 aromatic heterocycles. The van der Waals surface area contributed by atoms with Crippen molar-refractivity contribution in [2.45, 2.75) is 32.7 Å². The molecule has 1 aromatic rings. The SMILES string of the molecule is COc1cccc(N)c1C(=O)N(CC(C)C)C1CC1. The van der Waals surface area contributed by atoms with Gasteiger partial charge in [0.25, 0.3) is 5.91 Å². The van der Waals surface area contributed by atoms with E-state index >= 15 is 0 Å². The molecule has 2 rings (SSSR count). The number of benzene rings is 1. The molecule has 104 valence electrons. The molecule has 0 saturated heterocycles. The average molecular weight is 262 g/mol. The number of nitrogen functional groups attached to an aromatic ring is 1. The summed E-state index contributed by atoms with van der Waals surface area (Å²) in [6.07, 6.45) is 2.18. The van der Waals surface area contributed by atoms with Crippen molar-refractivity contribution in [3.63, 3.8) is 0 Å². The molecule has 1 aromatic carbocycles. The Bertz CT molecular complexity index is 467. The molecule has 0 aliphatic heterocycles. The van der Waals surface area contributed by atoms with Crippen LogP contribution in [0.2, 0.25) is 0 Å². The van der Waals surface area contributed by atoms with Crippen molar-refractivity contribution in [3.05, 3.63) is 23.8 Å². The largest absolute Gasteiger partial charge is 0.496 e. The van der Waals surface area contributed by atoms with Gasteiger partial charge < -0.3 is 15.4 Å². The number of hydrogen-bond acceptors (Lipinski definition) is 3. The van der Waals surface area contributed by atoms with Crippen LogP contribution in [0, 0.1) is 5.92 Å². The van der Waals surface area contributed by atoms with Crippen LogP contribution in [0.1, 0.15) is 37.0 Å². The lowest BCUT2D eigenvalue weighted by atomic mass is 10.1. The van der Waals surface area contributed by atoms with E-state index in [0.717, 1.165) is 19.4 Å². The van der Waals surface area contributed by atoms with Gasteiger partial charge in [0.15, 0.2) is 0 Å². The molecule has 1 saturated carbocycles. The van der Waals surface area contributed by atoms with E-state index in [9.17, 15) is 4.79 Å². The smallest absolute Gasteiger partial charge is 0.259 e. The van der Waals surface area contributed by atoms with E-state index in [1.165, 1.54) is 0 Å². The van der Waals surface area contributed by atoms with Gasteiger partial charge in [0.2, 0.25) is 0 Å². The summed E-state index contributed by atoms with van der Waals surface area (Å²) in [6, 6.07) is 5.70. The third-order valence-corrected chi connectivity index (χ3v) is 3.30. The topological polar surface area (TPSA) is 55.6 Å². The first-order valence-electron chi connectivity index (χ1n) is 6.78. The fourth-order valence-electron chi connectivity index (χ4n) is 2.27. The van der Waals surface area contributed by atoms with Crippen molar-refractivity contribution in [2.24, 2.45) is 5.92 Å². The Morgan fingerprint density at radius 1 is 1.47 bits per heavy atom. The van der Waals surface area contributed by atoms with Crippen molar-refractivity contribution in [1.29, 1.82) is 0 Å². The minimum atomic E-state index is -0.00819. The third kappa shape index (κ3) is 3.00. The van der Waals surface area contributed by atoms with E-state index in [0.29, 0.717) is 29.0 Å². The Balaban J connectivity index is 2.31. The molecule has 0 heterocycles. The minimum absolute atomic E-state index is 0.00819. The van der Waals surface area contributed by atoms with E-state index < -0.39 is 0 Å². The highest BCUT2D eigenvalue weighted by Gasteiger charge is 2.35. The fraction of sp³-hybridized carbons (Fsp3) is 0.533. The van der Waals surface area contributed by atoms with Crippen molar-refractivity contribution < 1.29 is 9.53 Å². The molecule has 4 heteroatoms. The van der Waals surface area contributed by atoms with E-state index in [2.05, 4.69) is 13.8 Å². The Labute approximate surface area is 114 Å². The van der Waals surface area contributed by atoms with Gasteiger partial charge in [-0.2, -0.15) is 0 Å². The summed E-state index contributed by atoms with van der Waals surface area (Å²) in [5, 5.41) is 0. The predicted molar refractivity (Wildman–Crippen MR) is 76.3 cm³/mol. The van der Waals surface area contributed by atoms with Gasteiger partial charge >= 0.3 is 0 Å². The lowest BCUT2D eigenvalue weighted by Gasteiger charge is -2.25. The number of ether oxygens (including phenoxy) is 1. The van der Waals surface area contributed by atoms with Crippen molar-refractivity contribution in [1.82, 2.24) is 4.90 Å². The van der Waals surface area contributed by atoms with Gasteiger partial charge in [0.05, 0.1) is 7.11 Å². The maximum atomic E-state index is 12.7. The lowest BCUT2D eigenvalue weighted by molar-refractivity contribution is 0.0720. The molecule has 1 aliphatic rings. The fourth-order valence-corrected chi connectivity index (χ4v) is 2.27. The summed E-state index contributed by atoms with van der Waals surface area (Å²) in [5.74, 6) is 0.992. The van der Waals surface area contributed by atoms with Crippen LogP contribution in [0.3, 0.4) is 0 Å². The number of amides is 1. The first-order valence-corrected chi connectivity index (χ1v) is 6.78. The zero-order valence-electron chi connectivity index (χ0n) is 11.8. The monoisotopic (exact) mass is 262 g/mol. The number of methoxy groups -OCH3 is 1. The Morgan fingerprint density at radius 3 is 2.68 bits per heavy atom. The Kier molecular flexibility index (Phi) is 3.98. The summed E-state index contributed by atoms with van der Waals surface area (Å²) >= 11 is 0. The number of anilines is 1. The van der Waals surface area contributed by atoms with Crippen molar-refractivity contribution in [3.8, 4) is 5.75 Å². The molecule has 1 aliphatic carbocycles. The van der Waals surface area contributed by atoms with E-state index in [1.54, 1.807) is 25.3 Å². The molecule has 0 unspecified atom stereocenters. The number of hydrogen-bond donors (Lipinski definition) is 1. The first-order chi connectivity index (χ1) is 9.04. The van der Waals surface area contributed by atoms with Gasteiger partial charge in [-0.1, -0.05) is 19.9 Å². The molecular weight excluding hydrogens is 240 g/mol. The minimum Gasteiger partial charge on any atom is -0.496 e. The molecular formula is C15H22N2O2. The zero-order valence-corrected chi connectivity index (χ0v) is 11.8. The van der Waals surface area contributed by atoms with Crippen LogP contribution in [-0.4, -0.2) is 30.5 Å². The number of carbonyl (C=O) groups excluding carboxylic acids is 1. The number of carbonyl (C=O) groups is 1. The summed E-state index contributed by atoms with van der Waals surface area (Å²) in [4.78, 5) is 14.7. The quantitative estimate of drug-likeness (QED) is 0.830. The number of nitrogens with zero attached hydrogens (tertiary/aromatic N) is 1. The maximum absolute atomic E-state index is 12.7. The molecule has 2 N–H and O–H groups in total. The van der Waals surface area contributed by atoms with Gasteiger partial charge in [0, 0.05) is 18.3 Å². The number of rotatable bonds is 5. The molecule has 0 bridgehead atoms. The Hall–Kier alpha value is -1.71. The molecule has 4 nitrogen and oxygen atoms in total. The zero-order chi connectivity index (χ0) is 14.0. The van der Waals surface area contributed by atoms with E-state index in [4.69, 9.17) is 10.5 Å². The molecule has 1 amide bonds. The second kappa shape index (κ2) is 5.51. The van der Waals surface area contributed by atoms with Crippen LogP contribution in [0.25, 0.3) is 0 Å². The van der Waals surface area contributed by atoms with Gasteiger partial charge in [-0.05, 0) is 30.9 Å². The summed E-state index contributed by atoms with van der Waals surface area (Å²) < 4.78 is 5.28. The highest BCUT2D eigenvalue weighted by atomic mass is 16.5.